The van der Waals surface area contributed by atoms with Gasteiger partial charge in [-0.1, -0.05) is 48.5 Å². The maximum atomic E-state index is 13.0. The highest BCUT2D eigenvalue weighted by atomic mass is 16.7. The lowest BCUT2D eigenvalue weighted by Crippen LogP contribution is -2.37. The Hall–Kier alpha value is -2.66. The summed E-state index contributed by atoms with van der Waals surface area (Å²) in [5.74, 6) is -0.584. The molecule has 0 amide bonds. The third-order valence-electron chi connectivity index (χ3n) is 4.15. The van der Waals surface area contributed by atoms with Gasteiger partial charge in [-0.3, -0.25) is 9.63 Å². The lowest BCUT2D eigenvalue weighted by atomic mass is 9.93. The summed E-state index contributed by atoms with van der Waals surface area (Å²) in [4.78, 5) is 31.0. The van der Waals surface area contributed by atoms with E-state index in [4.69, 9.17) is 9.57 Å². The Morgan fingerprint density at radius 2 is 1.67 bits per heavy atom. The van der Waals surface area contributed by atoms with Crippen molar-refractivity contribution in [2.45, 2.75) is 25.0 Å². The van der Waals surface area contributed by atoms with Crippen LogP contribution >= 0.6 is 0 Å². The number of hydroxylamine groups is 1. The van der Waals surface area contributed by atoms with E-state index in [-0.39, 0.29) is 12.2 Å². The van der Waals surface area contributed by atoms with Gasteiger partial charge in [0.25, 0.3) is 0 Å². The third kappa shape index (κ3) is 2.90. The molecule has 0 bridgehead atoms. The zero-order valence-corrected chi connectivity index (χ0v) is 13.6. The lowest BCUT2D eigenvalue weighted by Gasteiger charge is -2.25. The molecule has 0 saturated carbocycles. The fraction of sp³-hybridized carbons (Fsp3) is 0.263. The average Bonchev–Trinajstić information content (AvgIpc) is 3.01. The molecule has 1 fully saturated rings. The van der Waals surface area contributed by atoms with Crippen LogP contribution in [0.15, 0.2) is 60.7 Å². The van der Waals surface area contributed by atoms with Crippen molar-refractivity contribution in [3.63, 3.8) is 0 Å². The van der Waals surface area contributed by atoms with Crippen molar-refractivity contribution >= 4 is 17.4 Å². The molecule has 2 aromatic carbocycles. The molecular formula is C19H19NO4. The van der Waals surface area contributed by atoms with Gasteiger partial charge < -0.3 is 4.74 Å². The number of carbonyl (C=O) groups is 2. The molecule has 0 aliphatic carbocycles. The summed E-state index contributed by atoms with van der Waals surface area (Å²) in [6, 6.07) is 17.7. The Kier molecular flexibility index (Phi) is 4.36. The van der Waals surface area contributed by atoms with Gasteiger partial charge in [0.05, 0.1) is 12.8 Å². The zero-order chi connectivity index (χ0) is 17.2. The van der Waals surface area contributed by atoms with E-state index in [0.29, 0.717) is 5.56 Å². The van der Waals surface area contributed by atoms with Crippen molar-refractivity contribution in [2.75, 3.05) is 12.2 Å². The van der Waals surface area contributed by atoms with Crippen LogP contribution in [0.2, 0.25) is 0 Å². The number of carbonyl (C=O) groups excluding carboxylic acids is 2. The highest BCUT2D eigenvalue weighted by Gasteiger charge is 2.51. The van der Waals surface area contributed by atoms with Crippen LogP contribution in [-0.2, 0) is 14.4 Å². The first-order chi connectivity index (χ1) is 11.5. The van der Waals surface area contributed by atoms with Crippen LogP contribution in [0.5, 0.6) is 0 Å². The van der Waals surface area contributed by atoms with E-state index < -0.39 is 17.6 Å². The Morgan fingerprint density at radius 1 is 1.08 bits per heavy atom. The Morgan fingerprint density at radius 3 is 2.25 bits per heavy atom. The SMILES string of the molecule is COC(=O)[C@@]1(C)C[C@@H](C(=O)c2ccccc2)N(c2ccccc2)O1. The normalized spacial score (nSPS) is 23.1. The minimum absolute atomic E-state index is 0.0907. The predicted octanol–water partition coefficient (Wildman–Crippen LogP) is 3.01. The van der Waals surface area contributed by atoms with Gasteiger partial charge in [-0.15, -0.1) is 0 Å². The number of esters is 1. The van der Waals surface area contributed by atoms with Crippen molar-refractivity contribution < 1.29 is 19.2 Å². The number of ether oxygens (including phenoxy) is 1. The van der Waals surface area contributed by atoms with Crippen molar-refractivity contribution in [1.82, 2.24) is 0 Å². The first kappa shape index (κ1) is 16.2. The third-order valence-corrected chi connectivity index (χ3v) is 4.15. The maximum Gasteiger partial charge on any atom is 0.340 e. The molecule has 0 spiro atoms. The minimum Gasteiger partial charge on any atom is -0.467 e. The van der Waals surface area contributed by atoms with Crippen molar-refractivity contribution in [1.29, 1.82) is 0 Å². The molecule has 0 aromatic heterocycles. The van der Waals surface area contributed by atoms with Gasteiger partial charge in [0, 0.05) is 12.0 Å². The van der Waals surface area contributed by atoms with Gasteiger partial charge in [0.15, 0.2) is 11.4 Å². The summed E-state index contributed by atoms with van der Waals surface area (Å²) < 4.78 is 4.85. The molecule has 0 N–H and O–H groups in total. The summed E-state index contributed by atoms with van der Waals surface area (Å²) in [6.45, 7) is 1.65. The molecule has 5 heteroatoms. The number of nitrogens with zero attached hydrogens (tertiary/aromatic N) is 1. The van der Waals surface area contributed by atoms with Crippen molar-refractivity contribution in [3.05, 3.63) is 66.2 Å². The molecule has 0 unspecified atom stereocenters. The van der Waals surface area contributed by atoms with Gasteiger partial charge >= 0.3 is 5.97 Å². The fourth-order valence-corrected chi connectivity index (χ4v) is 2.91. The van der Waals surface area contributed by atoms with Gasteiger partial charge in [-0.2, -0.15) is 0 Å². The maximum absolute atomic E-state index is 13.0. The van der Waals surface area contributed by atoms with E-state index in [1.807, 2.05) is 48.5 Å². The highest BCUT2D eigenvalue weighted by Crippen LogP contribution is 2.36. The predicted molar refractivity (Wildman–Crippen MR) is 89.6 cm³/mol. The van der Waals surface area contributed by atoms with E-state index >= 15 is 0 Å². The van der Waals surface area contributed by atoms with Crippen LogP contribution in [0.3, 0.4) is 0 Å². The number of Topliss-reactive ketones (excluding diaryl/α,β-unsaturated/α-hetero) is 1. The van der Waals surface area contributed by atoms with Gasteiger partial charge in [-0.25, -0.2) is 9.86 Å². The fourth-order valence-electron chi connectivity index (χ4n) is 2.91. The van der Waals surface area contributed by atoms with Crippen LogP contribution in [0, 0.1) is 0 Å². The number of anilines is 1. The molecular weight excluding hydrogens is 306 g/mol. The second kappa shape index (κ2) is 6.45. The van der Waals surface area contributed by atoms with Crippen LogP contribution < -0.4 is 5.06 Å². The molecule has 124 valence electrons. The smallest absolute Gasteiger partial charge is 0.340 e. The Balaban J connectivity index is 1.97. The second-order valence-electron chi connectivity index (χ2n) is 5.93. The molecule has 1 aliphatic rings. The molecule has 1 aliphatic heterocycles. The van der Waals surface area contributed by atoms with Crippen LogP contribution in [0.25, 0.3) is 0 Å². The van der Waals surface area contributed by atoms with Gasteiger partial charge in [0.2, 0.25) is 0 Å². The topological polar surface area (TPSA) is 55.8 Å². The molecule has 2 aromatic rings. The number of methoxy groups -OCH3 is 1. The summed E-state index contributed by atoms with van der Waals surface area (Å²) in [5, 5.41) is 1.52. The standard InChI is InChI=1S/C19H19NO4/c1-19(18(22)23-2)13-16(17(21)14-9-5-3-6-10-14)20(24-19)15-11-7-4-8-12-15/h3-12,16H,13H2,1-2H3/t16-,19+/m0/s1. The largest absolute Gasteiger partial charge is 0.467 e. The lowest BCUT2D eigenvalue weighted by molar-refractivity contribution is -0.163. The number of benzene rings is 2. The average molecular weight is 325 g/mol. The van der Waals surface area contributed by atoms with E-state index in [9.17, 15) is 9.59 Å². The molecule has 2 atom stereocenters. The quantitative estimate of drug-likeness (QED) is 0.639. The van der Waals surface area contributed by atoms with Crippen molar-refractivity contribution in [3.8, 4) is 0 Å². The first-order valence-corrected chi connectivity index (χ1v) is 7.76. The second-order valence-corrected chi connectivity index (χ2v) is 5.93. The highest BCUT2D eigenvalue weighted by molar-refractivity contribution is 6.02. The van der Waals surface area contributed by atoms with Crippen LogP contribution in [-0.4, -0.2) is 30.5 Å². The van der Waals surface area contributed by atoms with E-state index in [2.05, 4.69) is 0 Å². The summed E-state index contributed by atoms with van der Waals surface area (Å²) in [6.07, 6.45) is 0.224. The number of hydrogen-bond donors (Lipinski definition) is 0. The summed E-state index contributed by atoms with van der Waals surface area (Å²) >= 11 is 0. The Bertz CT molecular complexity index is 732. The van der Waals surface area contributed by atoms with Crippen LogP contribution in [0.4, 0.5) is 5.69 Å². The number of rotatable bonds is 4. The van der Waals surface area contributed by atoms with Gasteiger partial charge in [-0.05, 0) is 19.1 Å². The molecule has 1 saturated heterocycles. The molecule has 5 nitrogen and oxygen atoms in total. The summed E-state index contributed by atoms with van der Waals surface area (Å²) in [5.41, 5.74) is 0.111. The first-order valence-electron chi connectivity index (χ1n) is 7.76. The number of hydrogen-bond acceptors (Lipinski definition) is 5. The minimum atomic E-state index is -1.19. The zero-order valence-electron chi connectivity index (χ0n) is 13.6. The van der Waals surface area contributed by atoms with E-state index in [1.54, 1.807) is 19.1 Å². The number of ketones is 1. The molecule has 24 heavy (non-hydrogen) atoms. The molecule has 1 heterocycles. The van der Waals surface area contributed by atoms with E-state index in [0.717, 1.165) is 5.69 Å². The summed E-state index contributed by atoms with van der Waals surface area (Å²) in [7, 11) is 1.32. The Labute approximate surface area is 140 Å². The molecule has 0 radical (unpaired) electrons. The monoisotopic (exact) mass is 325 g/mol. The van der Waals surface area contributed by atoms with Gasteiger partial charge in [0.1, 0.15) is 6.04 Å². The van der Waals surface area contributed by atoms with E-state index in [1.165, 1.54) is 12.2 Å². The molecule has 3 rings (SSSR count). The van der Waals surface area contributed by atoms with Crippen molar-refractivity contribution in [2.24, 2.45) is 0 Å². The van der Waals surface area contributed by atoms with Crippen LogP contribution in [0.1, 0.15) is 23.7 Å². The number of para-hydroxylation sites is 1.